The average Bonchev–Trinajstić information content (AvgIpc) is 3.12. The van der Waals surface area contributed by atoms with Crippen molar-refractivity contribution in [2.45, 2.75) is 17.7 Å². The summed E-state index contributed by atoms with van der Waals surface area (Å²) in [6.45, 7) is 1.97. The first-order chi connectivity index (χ1) is 13.9. The maximum Gasteiger partial charge on any atom is 0.234 e. The van der Waals surface area contributed by atoms with E-state index in [1.54, 1.807) is 24.3 Å². The number of halogens is 2. The number of aromatic nitrogens is 1. The molecule has 0 aliphatic rings. The molecule has 29 heavy (non-hydrogen) atoms. The summed E-state index contributed by atoms with van der Waals surface area (Å²) >= 11 is 12.0. The van der Waals surface area contributed by atoms with Crippen molar-refractivity contribution in [2.75, 3.05) is 16.4 Å². The van der Waals surface area contributed by atoms with Crippen LogP contribution in [0, 0.1) is 6.92 Å². The smallest absolute Gasteiger partial charge is 0.234 e. The predicted molar refractivity (Wildman–Crippen MR) is 124 cm³/mol. The van der Waals surface area contributed by atoms with E-state index in [9.17, 15) is 9.59 Å². The van der Waals surface area contributed by atoms with Gasteiger partial charge in [-0.25, -0.2) is 4.98 Å². The molecule has 2 aromatic carbocycles. The van der Waals surface area contributed by atoms with E-state index in [2.05, 4.69) is 31.5 Å². The van der Waals surface area contributed by atoms with Crippen LogP contribution in [0.1, 0.15) is 11.3 Å². The second-order valence-corrected chi connectivity index (χ2v) is 9.51. The highest BCUT2D eigenvalue weighted by atomic mass is 79.9. The summed E-state index contributed by atoms with van der Waals surface area (Å²) in [7, 11) is 0. The van der Waals surface area contributed by atoms with Crippen molar-refractivity contribution >= 4 is 73.8 Å². The van der Waals surface area contributed by atoms with Gasteiger partial charge in [0.1, 0.15) is 0 Å². The molecule has 0 aliphatic heterocycles. The summed E-state index contributed by atoms with van der Waals surface area (Å²) in [6, 6.07) is 12.6. The minimum atomic E-state index is -0.131. The minimum Gasteiger partial charge on any atom is -0.326 e. The normalized spacial score (nSPS) is 10.6. The van der Waals surface area contributed by atoms with Crippen molar-refractivity contribution in [2.24, 2.45) is 0 Å². The van der Waals surface area contributed by atoms with Crippen molar-refractivity contribution in [3.8, 4) is 0 Å². The Kier molecular flexibility index (Phi) is 7.71. The molecule has 0 bridgehead atoms. The van der Waals surface area contributed by atoms with Crippen LogP contribution >= 0.6 is 50.6 Å². The summed E-state index contributed by atoms with van der Waals surface area (Å²) in [5, 5.41) is 8.14. The van der Waals surface area contributed by atoms with Crippen LogP contribution in [0.15, 0.2) is 56.7 Å². The second-order valence-electron chi connectivity index (χ2n) is 6.14. The number of thiazole rings is 1. The first-order valence-electron chi connectivity index (χ1n) is 8.57. The number of amides is 2. The predicted octanol–water partition coefficient (Wildman–Crippen LogP) is 5.78. The fourth-order valence-electron chi connectivity index (χ4n) is 2.39. The Morgan fingerprint density at radius 3 is 2.52 bits per heavy atom. The molecule has 0 radical (unpaired) electrons. The fourth-order valence-corrected chi connectivity index (χ4v) is 4.40. The van der Waals surface area contributed by atoms with E-state index >= 15 is 0 Å². The third kappa shape index (κ3) is 6.85. The molecule has 3 aromatic rings. The van der Waals surface area contributed by atoms with Gasteiger partial charge in [0.25, 0.3) is 0 Å². The van der Waals surface area contributed by atoms with Crippen LogP contribution in [0.25, 0.3) is 0 Å². The third-order valence-corrected chi connectivity index (χ3v) is 6.98. The average molecular weight is 511 g/mol. The van der Waals surface area contributed by atoms with Crippen molar-refractivity contribution in [3.05, 3.63) is 68.6 Å². The van der Waals surface area contributed by atoms with Crippen molar-refractivity contribution in [3.63, 3.8) is 0 Å². The number of hydrogen-bond donors (Lipinski definition) is 2. The molecule has 0 saturated heterocycles. The van der Waals surface area contributed by atoms with Gasteiger partial charge in [0.15, 0.2) is 4.34 Å². The lowest BCUT2D eigenvalue weighted by Crippen LogP contribution is -2.15. The minimum absolute atomic E-state index is 0.127. The molecular formula is C20H17BrClN3O2S2. The molecule has 3 rings (SSSR count). The van der Waals surface area contributed by atoms with Gasteiger partial charge in [0.2, 0.25) is 11.8 Å². The summed E-state index contributed by atoms with van der Waals surface area (Å²) in [4.78, 5) is 28.7. The summed E-state index contributed by atoms with van der Waals surface area (Å²) in [5.41, 5.74) is 3.17. The quantitative estimate of drug-likeness (QED) is 0.395. The molecule has 2 amide bonds. The van der Waals surface area contributed by atoms with Gasteiger partial charge in [-0.1, -0.05) is 39.3 Å². The van der Waals surface area contributed by atoms with Crippen LogP contribution in [0.2, 0.25) is 5.02 Å². The molecule has 0 spiro atoms. The summed E-state index contributed by atoms with van der Waals surface area (Å²) in [6.07, 6.45) is 0.184. The van der Waals surface area contributed by atoms with E-state index in [1.165, 1.54) is 23.1 Å². The number of anilines is 2. The number of aryl methyl sites for hydroxylation is 1. The van der Waals surface area contributed by atoms with Gasteiger partial charge in [0, 0.05) is 26.3 Å². The Morgan fingerprint density at radius 1 is 1.10 bits per heavy atom. The van der Waals surface area contributed by atoms with Gasteiger partial charge < -0.3 is 10.6 Å². The van der Waals surface area contributed by atoms with E-state index in [1.807, 2.05) is 30.5 Å². The Labute approximate surface area is 190 Å². The number of benzene rings is 2. The second kappa shape index (κ2) is 10.2. The lowest BCUT2D eigenvalue weighted by Gasteiger charge is -2.06. The van der Waals surface area contributed by atoms with E-state index in [0.717, 1.165) is 20.1 Å². The third-order valence-electron chi connectivity index (χ3n) is 3.77. The summed E-state index contributed by atoms with van der Waals surface area (Å²) in [5.74, 6) is -0.0218. The lowest BCUT2D eigenvalue weighted by atomic mass is 10.2. The molecule has 0 atom stereocenters. The topological polar surface area (TPSA) is 71.1 Å². The van der Waals surface area contributed by atoms with Gasteiger partial charge in [0.05, 0.1) is 17.9 Å². The maximum atomic E-state index is 12.2. The van der Waals surface area contributed by atoms with E-state index in [-0.39, 0.29) is 24.0 Å². The molecule has 0 aliphatic carbocycles. The van der Waals surface area contributed by atoms with Gasteiger partial charge in [-0.05, 0) is 55.0 Å². The molecule has 9 heteroatoms. The van der Waals surface area contributed by atoms with E-state index in [0.29, 0.717) is 16.4 Å². The number of rotatable bonds is 7. The van der Waals surface area contributed by atoms with Crippen LogP contribution in [-0.2, 0) is 16.0 Å². The largest absolute Gasteiger partial charge is 0.326 e. The number of nitrogens with one attached hydrogen (secondary N) is 2. The lowest BCUT2D eigenvalue weighted by molar-refractivity contribution is -0.116. The number of thioether (sulfide) groups is 1. The highest BCUT2D eigenvalue weighted by molar-refractivity contribution is 9.10. The van der Waals surface area contributed by atoms with Crippen LogP contribution in [0.3, 0.4) is 0 Å². The molecule has 1 aromatic heterocycles. The van der Waals surface area contributed by atoms with Crippen LogP contribution in [-0.4, -0.2) is 22.6 Å². The Hall–Kier alpha value is -1.87. The zero-order valence-electron chi connectivity index (χ0n) is 15.4. The molecule has 1 heterocycles. The molecule has 2 N–H and O–H groups in total. The fraction of sp³-hybridized carbons (Fsp3) is 0.150. The van der Waals surface area contributed by atoms with Crippen molar-refractivity contribution in [1.29, 1.82) is 0 Å². The Balaban J connectivity index is 1.47. The SMILES string of the molecule is Cc1cc(NC(=O)Cc2csc(SCC(=O)Nc3ccc(Cl)cc3)n2)ccc1Br. The van der Waals surface area contributed by atoms with Gasteiger partial charge in [-0.15, -0.1) is 11.3 Å². The molecule has 0 fully saturated rings. The van der Waals surface area contributed by atoms with Crippen LogP contribution < -0.4 is 10.6 Å². The monoisotopic (exact) mass is 509 g/mol. The number of nitrogens with zero attached hydrogens (tertiary/aromatic N) is 1. The van der Waals surface area contributed by atoms with E-state index in [4.69, 9.17) is 11.6 Å². The van der Waals surface area contributed by atoms with Gasteiger partial charge in [-0.3, -0.25) is 9.59 Å². The molecule has 0 unspecified atom stereocenters. The highest BCUT2D eigenvalue weighted by Crippen LogP contribution is 2.24. The molecule has 0 saturated carbocycles. The van der Waals surface area contributed by atoms with E-state index < -0.39 is 0 Å². The molecule has 150 valence electrons. The maximum absolute atomic E-state index is 12.2. The molecular weight excluding hydrogens is 494 g/mol. The van der Waals surface area contributed by atoms with Crippen LogP contribution in [0.5, 0.6) is 0 Å². The molecule has 5 nitrogen and oxygen atoms in total. The van der Waals surface area contributed by atoms with Crippen molar-refractivity contribution in [1.82, 2.24) is 4.98 Å². The number of hydrogen-bond acceptors (Lipinski definition) is 5. The van der Waals surface area contributed by atoms with Gasteiger partial charge >= 0.3 is 0 Å². The Morgan fingerprint density at radius 2 is 1.79 bits per heavy atom. The zero-order valence-corrected chi connectivity index (χ0v) is 19.3. The highest BCUT2D eigenvalue weighted by Gasteiger charge is 2.11. The first-order valence-corrected chi connectivity index (χ1v) is 11.6. The number of carbonyl (C=O) groups is 2. The number of carbonyl (C=O) groups excluding carboxylic acids is 2. The first kappa shape index (κ1) is 21.8. The van der Waals surface area contributed by atoms with Crippen LogP contribution in [0.4, 0.5) is 11.4 Å². The van der Waals surface area contributed by atoms with Crippen molar-refractivity contribution < 1.29 is 9.59 Å². The van der Waals surface area contributed by atoms with Gasteiger partial charge in [-0.2, -0.15) is 0 Å². The zero-order chi connectivity index (χ0) is 20.8. The Bertz CT molecular complexity index is 1020. The summed E-state index contributed by atoms with van der Waals surface area (Å²) < 4.78 is 1.75. The standard InChI is InChI=1S/C20H17BrClN3O2S2/c1-12-8-15(6-7-17(12)21)24-18(26)9-16-10-28-20(25-16)29-11-19(27)23-14-4-2-13(22)3-5-14/h2-8,10H,9,11H2,1H3,(H,23,27)(H,24,26).